The summed E-state index contributed by atoms with van der Waals surface area (Å²) in [4.78, 5) is 0. The molecule has 100 valence electrons. The van der Waals surface area contributed by atoms with Gasteiger partial charge in [0.05, 0.1) is 22.0 Å². The number of nitrogens with one attached hydrogen (secondary N) is 1. The van der Waals surface area contributed by atoms with Gasteiger partial charge < -0.3 is 4.74 Å². The molecule has 1 atom stereocenters. The molecule has 0 radical (unpaired) electrons. The molecule has 1 aromatic rings. The van der Waals surface area contributed by atoms with E-state index < -0.39 is 15.8 Å². The number of hydrogen-bond acceptors (Lipinski definition) is 3. The monoisotopic (exact) mass is 337 g/mol. The summed E-state index contributed by atoms with van der Waals surface area (Å²) < 4.78 is 44.8. The molecule has 1 heterocycles. The second-order valence-electron chi connectivity index (χ2n) is 4.15. The van der Waals surface area contributed by atoms with Crippen molar-refractivity contribution in [1.29, 1.82) is 0 Å². The fourth-order valence-corrected chi connectivity index (χ4v) is 3.37. The highest BCUT2D eigenvalue weighted by Crippen LogP contribution is 2.21. The first-order valence-electron chi connectivity index (χ1n) is 5.53. The minimum atomic E-state index is -3.50. The molecule has 0 aliphatic carbocycles. The average Bonchev–Trinajstić information content (AvgIpc) is 2.75. The third-order valence-electron chi connectivity index (χ3n) is 2.62. The first-order chi connectivity index (χ1) is 8.46. The number of halogens is 2. The summed E-state index contributed by atoms with van der Waals surface area (Å²) in [6.07, 6.45) is 1.37. The van der Waals surface area contributed by atoms with Crippen molar-refractivity contribution in [2.45, 2.75) is 18.9 Å². The lowest BCUT2D eigenvalue weighted by atomic mass is 10.3. The molecular weight excluding hydrogens is 325 g/mol. The Morgan fingerprint density at radius 2 is 2.28 bits per heavy atom. The molecule has 1 N–H and O–H groups in total. The second kappa shape index (κ2) is 5.54. The smallest absolute Gasteiger partial charge is 0.235 e. The summed E-state index contributed by atoms with van der Waals surface area (Å²) in [5.41, 5.74) is 0.216. The van der Waals surface area contributed by atoms with Gasteiger partial charge in [-0.2, -0.15) is 0 Å². The van der Waals surface area contributed by atoms with Crippen molar-refractivity contribution in [1.82, 2.24) is 0 Å². The van der Waals surface area contributed by atoms with Gasteiger partial charge in [0.2, 0.25) is 10.0 Å². The molecule has 1 unspecified atom stereocenters. The Hall–Kier alpha value is -0.660. The molecule has 0 aromatic heterocycles. The van der Waals surface area contributed by atoms with Crippen LogP contribution in [0.25, 0.3) is 0 Å². The number of anilines is 1. The minimum Gasteiger partial charge on any atom is -0.377 e. The number of benzene rings is 1. The Kier molecular flexibility index (Phi) is 4.24. The molecule has 0 bridgehead atoms. The van der Waals surface area contributed by atoms with Crippen LogP contribution in [0.1, 0.15) is 12.8 Å². The van der Waals surface area contributed by atoms with Crippen LogP contribution in [-0.2, 0) is 14.8 Å². The Morgan fingerprint density at radius 3 is 2.89 bits per heavy atom. The van der Waals surface area contributed by atoms with Gasteiger partial charge in [0.1, 0.15) is 5.82 Å². The van der Waals surface area contributed by atoms with Crippen LogP contribution in [0.15, 0.2) is 22.7 Å². The van der Waals surface area contributed by atoms with E-state index >= 15 is 0 Å². The first-order valence-corrected chi connectivity index (χ1v) is 7.98. The van der Waals surface area contributed by atoms with Crippen molar-refractivity contribution < 1.29 is 17.5 Å². The highest BCUT2D eigenvalue weighted by atomic mass is 79.9. The lowest BCUT2D eigenvalue weighted by Crippen LogP contribution is -2.25. The molecule has 1 aliphatic heterocycles. The second-order valence-corrected chi connectivity index (χ2v) is 6.77. The van der Waals surface area contributed by atoms with Gasteiger partial charge in [-0.25, -0.2) is 12.8 Å². The van der Waals surface area contributed by atoms with Gasteiger partial charge in [-0.3, -0.25) is 4.72 Å². The van der Waals surface area contributed by atoms with E-state index in [9.17, 15) is 12.8 Å². The van der Waals surface area contributed by atoms with Gasteiger partial charge in [-0.15, -0.1) is 0 Å². The van der Waals surface area contributed by atoms with Gasteiger partial charge in [0, 0.05) is 6.61 Å². The number of ether oxygens (including phenoxy) is 1. The summed E-state index contributed by atoms with van der Waals surface area (Å²) in [5.74, 6) is -0.600. The predicted octanol–water partition coefficient (Wildman–Crippen LogP) is 2.51. The maximum atomic E-state index is 13.3. The van der Waals surface area contributed by atoms with Crippen molar-refractivity contribution in [2.24, 2.45) is 0 Å². The molecule has 7 heteroatoms. The van der Waals surface area contributed by atoms with Crippen LogP contribution < -0.4 is 4.72 Å². The highest BCUT2D eigenvalue weighted by molar-refractivity contribution is 9.10. The van der Waals surface area contributed by atoms with Crippen LogP contribution in [0.3, 0.4) is 0 Å². The molecule has 0 saturated carbocycles. The summed E-state index contributed by atoms with van der Waals surface area (Å²) in [5, 5.41) is 0. The quantitative estimate of drug-likeness (QED) is 0.918. The van der Waals surface area contributed by atoms with E-state index in [1.54, 1.807) is 0 Å². The van der Waals surface area contributed by atoms with Crippen LogP contribution in [0.4, 0.5) is 10.1 Å². The molecule has 0 amide bonds. The lowest BCUT2D eigenvalue weighted by Gasteiger charge is -2.12. The standard InChI is InChI=1S/C11H13BrFNO3S/c12-10-4-3-8(6-11(10)13)14-18(15,16)7-9-2-1-5-17-9/h3-4,6,9,14H,1-2,5,7H2. The lowest BCUT2D eigenvalue weighted by molar-refractivity contribution is 0.127. The molecule has 18 heavy (non-hydrogen) atoms. The van der Waals surface area contributed by atoms with Gasteiger partial charge in [0.15, 0.2) is 0 Å². The van der Waals surface area contributed by atoms with E-state index in [1.807, 2.05) is 0 Å². The van der Waals surface area contributed by atoms with E-state index in [0.717, 1.165) is 18.9 Å². The number of sulfonamides is 1. The Bertz CT molecular complexity index is 529. The zero-order valence-electron chi connectivity index (χ0n) is 9.53. The van der Waals surface area contributed by atoms with Crippen molar-refractivity contribution in [3.05, 3.63) is 28.5 Å². The van der Waals surface area contributed by atoms with Crippen LogP contribution in [0.5, 0.6) is 0 Å². The average molecular weight is 338 g/mol. The Labute approximate surface area is 114 Å². The summed E-state index contributed by atoms with van der Waals surface area (Å²) in [6.45, 7) is 0.604. The zero-order chi connectivity index (χ0) is 13.2. The minimum absolute atomic E-state index is 0.0926. The molecule has 1 aromatic carbocycles. The molecule has 1 aliphatic rings. The van der Waals surface area contributed by atoms with Crippen molar-refractivity contribution >= 4 is 31.6 Å². The summed E-state index contributed by atoms with van der Waals surface area (Å²) >= 11 is 3.01. The van der Waals surface area contributed by atoms with E-state index in [4.69, 9.17) is 4.74 Å². The van der Waals surface area contributed by atoms with Gasteiger partial charge in [-0.1, -0.05) is 0 Å². The third kappa shape index (κ3) is 3.66. The zero-order valence-corrected chi connectivity index (χ0v) is 11.9. The van der Waals surface area contributed by atoms with Crippen molar-refractivity contribution in [3.63, 3.8) is 0 Å². The maximum absolute atomic E-state index is 13.3. The van der Waals surface area contributed by atoms with E-state index in [-0.39, 0.29) is 17.5 Å². The van der Waals surface area contributed by atoms with Crippen LogP contribution in [-0.4, -0.2) is 26.9 Å². The molecule has 0 spiro atoms. The first kappa shape index (κ1) is 13.8. The summed E-state index contributed by atoms with van der Waals surface area (Å²) in [6, 6.07) is 4.09. The SMILES string of the molecule is O=S(=O)(CC1CCCO1)Nc1ccc(Br)c(F)c1. The number of hydrogen-bond donors (Lipinski definition) is 1. The van der Waals surface area contributed by atoms with Crippen LogP contribution >= 0.6 is 15.9 Å². The molecular formula is C11H13BrFNO3S. The predicted molar refractivity (Wildman–Crippen MR) is 70.5 cm³/mol. The van der Waals surface area contributed by atoms with Crippen LogP contribution in [0.2, 0.25) is 0 Å². The van der Waals surface area contributed by atoms with Gasteiger partial charge in [-0.05, 0) is 47.0 Å². The molecule has 1 saturated heterocycles. The Balaban J connectivity index is 2.04. The van der Waals surface area contributed by atoms with E-state index in [0.29, 0.717) is 11.1 Å². The topological polar surface area (TPSA) is 55.4 Å². The van der Waals surface area contributed by atoms with Gasteiger partial charge >= 0.3 is 0 Å². The largest absolute Gasteiger partial charge is 0.377 e. The van der Waals surface area contributed by atoms with Gasteiger partial charge in [0.25, 0.3) is 0 Å². The molecule has 1 fully saturated rings. The number of rotatable bonds is 4. The maximum Gasteiger partial charge on any atom is 0.235 e. The van der Waals surface area contributed by atoms with Crippen molar-refractivity contribution in [3.8, 4) is 0 Å². The fraction of sp³-hybridized carbons (Fsp3) is 0.455. The summed E-state index contributed by atoms with van der Waals surface area (Å²) in [7, 11) is -3.50. The Morgan fingerprint density at radius 1 is 1.50 bits per heavy atom. The van der Waals surface area contributed by atoms with E-state index in [1.165, 1.54) is 12.1 Å². The molecule has 2 rings (SSSR count). The normalized spacial score (nSPS) is 20.0. The van der Waals surface area contributed by atoms with Crippen LogP contribution in [0, 0.1) is 5.82 Å². The highest BCUT2D eigenvalue weighted by Gasteiger charge is 2.23. The van der Waals surface area contributed by atoms with E-state index in [2.05, 4.69) is 20.7 Å². The van der Waals surface area contributed by atoms with Crippen molar-refractivity contribution in [2.75, 3.05) is 17.1 Å². The fourth-order valence-electron chi connectivity index (χ4n) is 1.80. The third-order valence-corrected chi connectivity index (χ3v) is 4.62. The molecule has 4 nitrogen and oxygen atoms in total.